The number of benzene rings is 2. The number of aliphatic imine (C=N–C) groups is 1. The lowest BCUT2D eigenvalue weighted by molar-refractivity contribution is 0.225. The Hall–Kier alpha value is -3.97. The Bertz CT molecular complexity index is 1540. The third-order valence-corrected chi connectivity index (χ3v) is 7.21. The molecule has 0 atom stereocenters. The average molecular weight is 678 g/mol. The van der Waals surface area contributed by atoms with Crippen molar-refractivity contribution in [2.24, 2.45) is 24.8 Å². The van der Waals surface area contributed by atoms with E-state index in [1.807, 2.05) is 84.2 Å². The first kappa shape index (κ1) is 35.2. The van der Waals surface area contributed by atoms with Crippen molar-refractivity contribution < 1.29 is 14.4 Å². The van der Waals surface area contributed by atoms with Crippen LogP contribution in [0.25, 0.3) is 21.8 Å². The van der Waals surface area contributed by atoms with Crippen molar-refractivity contribution in [3.8, 4) is 0 Å². The first-order valence-electron chi connectivity index (χ1n) is 13.4. The SMILES string of the molecule is CN.CN1CCN(c2cccc3c2cnn3C)C1=O.CN1CCNC1=O.Cn1ncc2c(Br)cccc21.O=C=NCCCl. The number of hydrogen-bond acceptors (Lipinski definition) is 7. The number of halogens is 2. The zero-order chi connectivity index (χ0) is 31.9. The average Bonchev–Trinajstić information content (AvgIpc) is 3.79. The molecule has 2 aromatic heterocycles. The zero-order valence-corrected chi connectivity index (χ0v) is 27.3. The van der Waals surface area contributed by atoms with Gasteiger partial charge in [-0.25, -0.2) is 19.4 Å². The van der Waals surface area contributed by atoms with Gasteiger partial charge in [-0.15, -0.1) is 11.6 Å². The van der Waals surface area contributed by atoms with Crippen molar-refractivity contribution >= 4 is 73.2 Å². The quantitative estimate of drug-likeness (QED) is 0.193. The number of fused-ring (bicyclic) bond motifs is 2. The van der Waals surface area contributed by atoms with Gasteiger partial charge in [0.15, 0.2) is 0 Å². The van der Waals surface area contributed by atoms with Gasteiger partial charge < -0.3 is 20.9 Å². The second-order valence-electron chi connectivity index (χ2n) is 9.09. The molecule has 4 heterocycles. The van der Waals surface area contributed by atoms with Gasteiger partial charge in [0.05, 0.1) is 35.7 Å². The molecule has 2 aromatic carbocycles. The third kappa shape index (κ3) is 9.52. The summed E-state index contributed by atoms with van der Waals surface area (Å²) in [5, 5.41) is 13.2. The van der Waals surface area contributed by atoms with E-state index in [0.717, 1.165) is 58.1 Å². The molecule has 2 fully saturated rings. The van der Waals surface area contributed by atoms with Gasteiger partial charge in [0.2, 0.25) is 6.08 Å². The van der Waals surface area contributed by atoms with Gasteiger partial charge in [-0.3, -0.25) is 14.3 Å². The Morgan fingerprint density at radius 3 is 1.98 bits per heavy atom. The minimum Gasteiger partial charge on any atom is -0.336 e. The van der Waals surface area contributed by atoms with E-state index in [-0.39, 0.29) is 12.1 Å². The van der Waals surface area contributed by atoms with E-state index in [9.17, 15) is 14.4 Å². The topological polar surface area (TPSA) is 147 Å². The second kappa shape index (κ2) is 17.9. The maximum absolute atomic E-state index is 12.0. The second-order valence-corrected chi connectivity index (χ2v) is 10.3. The standard InChI is InChI=1S/C12H14N4O.C8H7BrN2.C4H8N2O.C3H4ClNO.CH5N/c1-14-6-7-16(12(14)17)11-5-3-4-10-9(11)8-13-15(10)2;1-11-8-4-2-3-7(9)6(8)5-10-11;1-6-3-2-5-4(6)7;4-1-2-5-3-6;1-2/h3-5,8H,6-7H2,1-2H3;2-5H,1H3;2-3H2,1H3,(H,5,7);1-2H2;2H2,1H3. The molecule has 2 aliphatic rings. The van der Waals surface area contributed by atoms with Crippen LogP contribution in [0, 0.1) is 0 Å². The van der Waals surface area contributed by atoms with Crippen molar-refractivity contribution in [2.45, 2.75) is 0 Å². The van der Waals surface area contributed by atoms with Crippen molar-refractivity contribution in [1.82, 2.24) is 34.7 Å². The molecule has 15 heteroatoms. The molecule has 43 heavy (non-hydrogen) atoms. The maximum Gasteiger partial charge on any atom is 0.324 e. The van der Waals surface area contributed by atoms with E-state index in [4.69, 9.17) is 11.6 Å². The number of nitrogens with one attached hydrogen (secondary N) is 1. The Morgan fingerprint density at radius 1 is 0.930 bits per heavy atom. The van der Waals surface area contributed by atoms with Crippen LogP contribution in [0.4, 0.5) is 15.3 Å². The number of aryl methyl sites for hydroxylation is 2. The fourth-order valence-corrected chi connectivity index (χ4v) is 4.61. The molecule has 3 N–H and O–H groups in total. The van der Waals surface area contributed by atoms with Gasteiger partial charge in [-0.1, -0.05) is 28.1 Å². The summed E-state index contributed by atoms with van der Waals surface area (Å²) in [7, 11) is 8.95. The molecule has 0 saturated carbocycles. The van der Waals surface area contributed by atoms with Gasteiger partial charge in [0.25, 0.3) is 0 Å². The summed E-state index contributed by atoms with van der Waals surface area (Å²) in [6.07, 6.45) is 5.04. The van der Waals surface area contributed by atoms with Crippen LogP contribution in [0.3, 0.4) is 0 Å². The minimum absolute atomic E-state index is 0.0417. The largest absolute Gasteiger partial charge is 0.336 e. The molecule has 13 nitrogen and oxygen atoms in total. The van der Waals surface area contributed by atoms with Gasteiger partial charge >= 0.3 is 12.1 Å². The maximum atomic E-state index is 12.0. The van der Waals surface area contributed by atoms with E-state index in [1.165, 1.54) is 13.1 Å². The number of amides is 4. The monoisotopic (exact) mass is 676 g/mol. The molecule has 4 amide bonds. The van der Waals surface area contributed by atoms with E-state index >= 15 is 0 Å². The van der Waals surface area contributed by atoms with Crippen LogP contribution >= 0.6 is 27.5 Å². The smallest absolute Gasteiger partial charge is 0.324 e. The van der Waals surface area contributed by atoms with Gasteiger partial charge in [-0.05, 0) is 31.3 Å². The molecule has 2 aliphatic heterocycles. The minimum atomic E-state index is 0.0417. The number of nitrogens with zero attached hydrogens (tertiary/aromatic N) is 8. The number of hydrogen-bond donors (Lipinski definition) is 2. The first-order chi connectivity index (χ1) is 20.7. The summed E-state index contributed by atoms with van der Waals surface area (Å²) in [4.78, 5) is 39.9. The number of carbonyl (C=O) groups is 2. The van der Waals surface area contributed by atoms with Crippen LogP contribution in [0.15, 0.2) is 58.3 Å². The highest BCUT2D eigenvalue weighted by atomic mass is 79.9. The normalized spacial score (nSPS) is 13.5. The van der Waals surface area contributed by atoms with Crippen LogP contribution in [-0.4, -0.2) is 107 Å². The fourth-order valence-electron chi connectivity index (χ4n) is 4.07. The zero-order valence-electron chi connectivity index (χ0n) is 25.0. The predicted octanol–water partition coefficient (Wildman–Crippen LogP) is 3.56. The highest BCUT2D eigenvalue weighted by molar-refractivity contribution is 9.10. The van der Waals surface area contributed by atoms with E-state index < -0.39 is 0 Å². The Kier molecular flexibility index (Phi) is 14.6. The van der Waals surface area contributed by atoms with Crippen LogP contribution in [0.5, 0.6) is 0 Å². The molecule has 0 unspecified atom stereocenters. The number of aromatic nitrogens is 4. The van der Waals surface area contributed by atoms with Crippen molar-refractivity contribution in [3.05, 3.63) is 53.3 Å². The summed E-state index contributed by atoms with van der Waals surface area (Å²) < 4.78 is 4.78. The number of nitrogens with two attached hydrogens (primary N) is 1. The number of likely N-dealkylation sites (N-methyl/N-ethyl adjacent to an activating group) is 2. The van der Waals surface area contributed by atoms with Crippen LogP contribution < -0.4 is 16.0 Å². The van der Waals surface area contributed by atoms with Crippen LogP contribution in [0.2, 0.25) is 0 Å². The van der Waals surface area contributed by atoms with E-state index in [0.29, 0.717) is 12.4 Å². The van der Waals surface area contributed by atoms with Gasteiger partial charge in [0, 0.05) is 75.5 Å². The first-order valence-corrected chi connectivity index (χ1v) is 14.7. The third-order valence-electron chi connectivity index (χ3n) is 6.35. The van der Waals surface area contributed by atoms with Gasteiger partial charge in [-0.2, -0.15) is 10.2 Å². The molecule has 0 aliphatic carbocycles. The molecule has 0 radical (unpaired) electrons. The summed E-state index contributed by atoms with van der Waals surface area (Å²) in [5.41, 5.74) is 7.65. The molecule has 232 valence electrons. The van der Waals surface area contributed by atoms with E-state index in [2.05, 4.69) is 42.2 Å². The number of anilines is 1. The Morgan fingerprint density at radius 2 is 1.53 bits per heavy atom. The molecule has 0 spiro atoms. The molecule has 6 rings (SSSR count). The predicted molar refractivity (Wildman–Crippen MR) is 174 cm³/mol. The number of urea groups is 2. The number of alkyl halides is 1. The van der Waals surface area contributed by atoms with Crippen LogP contribution in [-0.2, 0) is 18.9 Å². The lowest BCUT2D eigenvalue weighted by Crippen LogP contribution is -2.29. The number of carbonyl (C=O) groups excluding carboxylic acids is 3. The number of isocyanates is 1. The van der Waals surface area contributed by atoms with Crippen LogP contribution in [0.1, 0.15) is 0 Å². The molecular formula is C28H38BrClN10O3. The lowest BCUT2D eigenvalue weighted by atomic mass is 10.2. The summed E-state index contributed by atoms with van der Waals surface area (Å²) >= 11 is 8.56. The fraction of sp³-hybridized carbons (Fsp3) is 0.393. The Labute approximate surface area is 264 Å². The molecule has 4 aromatic rings. The highest BCUT2D eigenvalue weighted by Gasteiger charge is 2.28. The van der Waals surface area contributed by atoms with Crippen molar-refractivity contribution in [3.63, 3.8) is 0 Å². The highest BCUT2D eigenvalue weighted by Crippen LogP contribution is 2.28. The lowest BCUT2D eigenvalue weighted by Gasteiger charge is -2.16. The van der Waals surface area contributed by atoms with Crippen molar-refractivity contribution in [1.29, 1.82) is 0 Å². The summed E-state index contributed by atoms with van der Waals surface area (Å²) in [6, 6.07) is 12.1. The van der Waals surface area contributed by atoms with Gasteiger partial charge in [0.1, 0.15) is 0 Å². The molecule has 2 saturated heterocycles. The Balaban J connectivity index is 0.000000214. The molecule has 0 bridgehead atoms. The summed E-state index contributed by atoms with van der Waals surface area (Å²) in [6.45, 7) is 3.54. The van der Waals surface area contributed by atoms with Crippen molar-refractivity contribution in [2.75, 3.05) is 64.6 Å². The summed E-state index contributed by atoms with van der Waals surface area (Å²) in [5.74, 6) is 0.398. The number of rotatable bonds is 3. The molecular weight excluding hydrogens is 640 g/mol. The van der Waals surface area contributed by atoms with E-state index in [1.54, 1.807) is 16.8 Å².